The SMILES string of the molecule is O=C(O)c1ccccc1/C=C1/SC(=O)N(c2cccc(O)c2)C1=O. The van der Waals surface area contributed by atoms with E-state index in [0.717, 1.165) is 16.7 Å². The second kappa shape index (κ2) is 6.21. The molecule has 1 fully saturated rings. The molecule has 1 aliphatic rings. The van der Waals surface area contributed by atoms with Crippen LogP contribution in [0.5, 0.6) is 5.75 Å². The maximum Gasteiger partial charge on any atom is 0.336 e. The van der Waals surface area contributed by atoms with E-state index in [2.05, 4.69) is 0 Å². The van der Waals surface area contributed by atoms with Crippen molar-refractivity contribution in [2.75, 3.05) is 4.90 Å². The first-order valence-electron chi connectivity index (χ1n) is 6.86. The van der Waals surface area contributed by atoms with E-state index >= 15 is 0 Å². The fourth-order valence-electron chi connectivity index (χ4n) is 2.28. The molecular formula is C17H11NO5S. The Morgan fingerprint density at radius 2 is 1.83 bits per heavy atom. The number of benzene rings is 2. The first-order valence-corrected chi connectivity index (χ1v) is 7.68. The number of anilines is 1. The number of phenols is 1. The van der Waals surface area contributed by atoms with Crippen LogP contribution >= 0.6 is 11.8 Å². The van der Waals surface area contributed by atoms with Gasteiger partial charge in [-0.1, -0.05) is 24.3 Å². The van der Waals surface area contributed by atoms with Gasteiger partial charge in [-0.05, 0) is 41.6 Å². The van der Waals surface area contributed by atoms with Gasteiger partial charge in [0.15, 0.2) is 0 Å². The van der Waals surface area contributed by atoms with Gasteiger partial charge in [0.05, 0.1) is 16.2 Å². The molecule has 2 N–H and O–H groups in total. The lowest BCUT2D eigenvalue weighted by molar-refractivity contribution is -0.113. The van der Waals surface area contributed by atoms with Gasteiger partial charge in [0.1, 0.15) is 5.75 Å². The summed E-state index contributed by atoms with van der Waals surface area (Å²) in [5, 5.41) is 18.2. The fraction of sp³-hybridized carbons (Fsp3) is 0. The third kappa shape index (κ3) is 2.89. The highest BCUT2D eigenvalue weighted by atomic mass is 32.2. The lowest BCUT2D eigenvalue weighted by Crippen LogP contribution is -2.27. The molecule has 0 radical (unpaired) electrons. The molecule has 0 aromatic heterocycles. The Balaban J connectivity index is 1.99. The number of amides is 2. The number of hydrogen-bond donors (Lipinski definition) is 2. The van der Waals surface area contributed by atoms with Crippen molar-refractivity contribution in [3.05, 3.63) is 64.6 Å². The number of rotatable bonds is 3. The summed E-state index contributed by atoms with van der Waals surface area (Å²) in [6, 6.07) is 12.0. The molecule has 120 valence electrons. The minimum Gasteiger partial charge on any atom is -0.508 e. The van der Waals surface area contributed by atoms with Crippen molar-refractivity contribution >= 4 is 40.6 Å². The fourth-order valence-corrected chi connectivity index (χ4v) is 3.11. The summed E-state index contributed by atoms with van der Waals surface area (Å²) in [6.45, 7) is 0. The smallest absolute Gasteiger partial charge is 0.336 e. The summed E-state index contributed by atoms with van der Waals surface area (Å²) >= 11 is 0.722. The third-order valence-electron chi connectivity index (χ3n) is 3.36. The Kier molecular flexibility index (Phi) is 4.09. The number of aromatic carboxylic acids is 1. The quantitative estimate of drug-likeness (QED) is 0.832. The Labute approximate surface area is 141 Å². The summed E-state index contributed by atoms with van der Waals surface area (Å²) in [5.41, 5.74) is 0.639. The highest BCUT2D eigenvalue weighted by molar-refractivity contribution is 8.19. The molecular weight excluding hydrogens is 330 g/mol. The monoisotopic (exact) mass is 341 g/mol. The van der Waals surface area contributed by atoms with E-state index in [-0.39, 0.29) is 21.9 Å². The van der Waals surface area contributed by atoms with Gasteiger partial charge in [-0.25, -0.2) is 9.69 Å². The van der Waals surface area contributed by atoms with E-state index in [1.807, 2.05) is 0 Å². The topological polar surface area (TPSA) is 94.9 Å². The standard InChI is InChI=1S/C17H11NO5S/c19-12-6-3-5-11(9-12)18-15(20)14(24-17(18)23)8-10-4-1-2-7-13(10)16(21)22/h1-9,19H,(H,21,22)/b14-8+. The van der Waals surface area contributed by atoms with Crippen LogP contribution in [0.3, 0.4) is 0 Å². The molecule has 3 rings (SSSR count). The van der Waals surface area contributed by atoms with Gasteiger partial charge in [0.2, 0.25) is 0 Å². The lowest BCUT2D eigenvalue weighted by Gasteiger charge is -2.12. The molecule has 24 heavy (non-hydrogen) atoms. The molecule has 2 aromatic rings. The minimum absolute atomic E-state index is 0.0432. The van der Waals surface area contributed by atoms with Crippen molar-refractivity contribution in [3.8, 4) is 5.75 Å². The molecule has 0 bridgehead atoms. The average molecular weight is 341 g/mol. The van der Waals surface area contributed by atoms with Crippen molar-refractivity contribution in [2.24, 2.45) is 0 Å². The van der Waals surface area contributed by atoms with E-state index < -0.39 is 17.1 Å². The van der Waals surface area contributed by atoms with Crippen LogP contribution in [0.15, 0.2) is 53.4 Å². The number of nitrogens with zero attached hydrogens (tertiary/aromatic N) is 1. The van der Waals surface area contributed by atoms with Gasteiger partial charge >= 0.3 is 5.97 Å². The highest BCUT2D eigenvalue weighted by Gasteiger charge is 2.36. The maximum absolute atomic E-state index is 12.5. The van der Waals surface area contributed by atoms with Gasteiger partial charge in [-0.3, -0.25) is 9.59 Å². The zero-order chi connectivity index (χ0) is 17.3. The van der Waals surface area contributed by atoms with Gasteiger partial charge < -0.3 is 10.2 Å². The highest BCUT2D eigenvalue weighted by Crippen LogP contribution is 2.36. The second-order valence-electron chi connectivity index (χ2n) is 4.93. The van der Waals surface area contributed by atoms with Crippen LogP contribution in [-0.4, -0.2) is 27.3 Å². The maximum atomic E-state index is 12.5. The third-order valence-corrected chi connectivity index (χ3v) is 4.23. The van der Waals surface area contributed by atoms with Crippen LogP contribution in [0.2, 0.25) is 0 Å². The normalized spacial score (nSPS) is 16.0. The van der Waals surface area contributed by atoms with E-state index in [4.69, 9.17) is 0 Å². The van der Waals surface area contributed by atoms with Gasteiger partial charge in [0, 0.05) is 6.07 Å². The van der Waals surface area contributed by atoms with E-state index in [1.54, 1.807) is 18.2 Å². The molecule has 1 aliphatic heterocycles. The van der Waals surface area contributed by atoms with Crippen LogP contribution in [0.1, 0.15) is 15.9 Å². The Bertz CT molecular complexity index is 890. The van der Waals surface area contributed by atoms with Crippen molar-refractivity contribution in [1.29, 1.82) is 0 Å². The van der Waals surface area contributed by atoms with Crippen molar-refractivity contribution in [3.63, 3.8) is 0 Å². The van der Waals surface area contributed by atoms with Crippen molar-refractivity contribution < 1.29 is 24.6 Å². The zero-order valence-corrected chi connectivity index (χ0v) is 13.0. The Morgan fingerprint density at radius 1 is 1.08 bits per heavy atom. The van der Waals surface area contributed by atoms with Crippen LogP contribution in [0.25, 0.3) is 6.08 Å². The summed E-state index contributed by atoms with van der Waals surface area (Å²) in [5.74, 6) is -1.74. The number of thioether (sulfide) groups is 1. The van der Waals surface area contributed by atoms with Gasteiger partial charge in [-0.15, -0.1) is 0 Å². The van der Waals surface area contributed by atoms with Gasteiger partial charge in [-0.2, -0.15) is 0 Å². The number of carbonyl (C=O) groups excluding carboxylic acids is 2. The molecule has 0 atom stereocenters. The van der Waals surface area contributed by atoms with Crippen molar-refractivity contribution in [1.82, 2.24) is 0 Å². The van der Waals surface area contributed by atoms with E-state index in [9.17, 15) is 24.6 Å². The minimum atomic E-state index is -1.12. The number of phenolic OH excluding ortho intramolecular Hbond substituents is 1. The average Bonchev–Trinajstić information content (AvgIpc) is 2.81. The van der Waals surface area contributed by atoms with Crippen LogP contribution in [0, 0.1) is 0 Å². The molecule has 0 unspecified atom stereocenters. The molecule has 0 saturated carbocycles. The molecule has 6 nitrogen and oxygen atoms in total. The predicted molar refractivity (Wildman–Crippen MR) is 90.0 cm³/mol. The molecule has 0 aliphatic carbocycles. The number of aromatic hydroxyl groups is 1. The van der Waals surface area contributed by atoms with E-state index in [0.29, 0.717) is 5.56 Å². The molecule has 7 heteroatoms. The molecule has 2 aromatic carbocycles. The number of imide groups is 1. The largest absolute Gasteiger partial charge is 0.508 e. The first kappa shape index (κ1) is 15.8. The van der Waals surface area contributed by atoms with Gasteiger partial charge in [0.25, 0.3) is 11.1 Å². The number of carboxylic acid groups (broad SMARTS) is 1. The molecule has 1 saturated heterocycles. The summed E-state index contributed by atoms with van der Waals surface area (Å²) in [4.78, 5) is 37.0. The Morgan fingerprint density at radius 3 is 2.54 bits per heavy atom. The van der Waals surface area contributed by atoms with Crippen molar-refractivity contribution in [2.45, 2.75) is 0 Å². The summed E-state index contributed by atoms with van der Waals surface area (Å²) in [6.07, 6.45) is 1.39. The first-order chi connectivity index (χ1) is 11.5. The second-order valence-corrected chi connectivity index (χ2v) is 5.92. The van der Waals surface area contributed by atoms with Crippen LogP contribution in [-0.2, 0) is 4.79 Å². The Hall–Kier alpha value is -3.06. The number of hydrogen-bond acceptors (Lipinski definition) is 5. The number of carbonyl (C=O) groups is 3. The molecule has 1 heterocycles. The molecule has 2 amide bonds. The molecule has 0 spiro atoms. The predicted octanol–water partition coefficient (Wildman–Crippen LogP) is 3.33. The summed E-state index contributed by atoms with van der Waals surface area (Å²) in [7, 11) is 0. The van der Waals surface area contributed by atoms with E-state index in [1.165, 1.54) is 36.4 Å². The zero-order valence-electron chi connectivity index (χ0n) is 12.2. The van der Waals surface area contributed by atoms with Crippen LogP contribution < -0.4 is 4.90 Å². The van der Waals surface area contributed by atoms with Crippen LogP contribution in [0.4, 0.5) is 10.5 Å². The summed E-state index contributed by atoms with van der Waals surface area (Å²) < 4.78 is 0. The lowest BCUT2D eigenvalue weighted by atomic mass is 10.1. The number of carboxylic acids is 1.